The van der Waals surface area contributed by atoms with Crippen molar-refractivity contribution < 1.29 is 23.8 Å². The fraction of sp³-hybridized carbons (Fsp3) is 0.269. The minimum Gasteiger partial charge on any atom is -0.493 e. The van der Waals surface area contributed by atoms with Gasteiger partial charge in [-0.25, -0.2) is 0 Å². The summed E-state index contributed by atoms with van der Waals surface area (Å²) in [6.07, 6.45) is 3.91. The van der Waals surface area contributed by atoms with E-state index in [0.717, 1.165) is 11.3 Å². The Morgan fingerprint density at radius 2 is 1.82 bits per heavy atom. The third-order valence-corrected chi connectivity index (χ3v) is 5.54. The molecular weight excluding hydrogens is 434 g/mol. The lowest BCUT2D eigenvalue weighted by Crippen LogP contribution is -2.38. The molecule has 2 aromatic carbocycles. The van der Waals surface area contributed by atoms with Crippen LogP contribution >= 0.6 is 0 Å². The molecule has 2 aliphatic rings. The normalized spacial score (nSPS) is 16.1. The van der Waals surface area contributed by atoms with Crippen LogP contribution in [-0.2, 0) is 9.63 Å². The highest BCUT2D eigenvalue weighted by atomic mass is 16.7. The van der Waals surface area contributed by atoms with Crippen LogP contribution in [0.25, 0.3) is 6.08 Å². The fourth-order valence-corrected chi connectivity index (χ4v) is 3.56. The summed E-state index contributed by atoms with van der Waals surface area (Å²) in [4.78, 5) is 21.9. The van der Waals surface area contributed by atoms with Gasteiger partial charge in [0.15, 0.2) is 23.2 Å². The summed E-state index contributed by atoms with van der Waals surface area (Å²) >= 11 is 0. The zero-order valence-corrected chi connectivity index (χ0v) is 19.7. The standard InChI is InChI=1S/C26H27N3O5/c1-16-7-5-8-21(18(16)3)32-11-6-12-33-22-10-9-19(15-23(22)31-4)14-20-25(27)29-24(28-26(20)30)13-17(2)34-29/h5,7-10,13-15,27H,6,11-12H2,1-4H3/b20-14+,27-25?. The lowest BCUT2D eigenvalue weighted by Gasteiger charge is -2.23. The number of benzene rings is 2. The van der Waals surface area contributed by atoms with Crippen molar-refractivity contribution in [2.45, 2.75) is 27.2 Å². The summed E-state index contributed by atoms with van der Waals surface area (Å²) in [6.45, 7) is 6.85. The zero-order valence-electron chi connectivity index (χ0n) is 19.7. The Morgan fingerprint density at radius 1 is 1.06 bits per heavy atom. The van der Waals surface area contributed by atoms with Crippen LogP contribution in [-0.4, -0.2) is 43.0 Å². The third-order valence-electron chi connectivity index (χ3n) is 5.54. The molecular formula is C26H27N3O5. The van der Waals surface area contributed by atoms with Crippen LogP contribution in [0.3, 0.4) is 0 Å². The molecule has 0 saturated carbocycles. The van der Waals surface area contributed by atoms with Gasteiger partial charge in [-0.15, -0.1) is 5.06 Å². The van der Waals surface area contributed by atoms with Crippen LogP contribution in [0.2, 0.25) is 0 Å². The first kappa shape index (κ1) is 23.1. The second-order valence-corrected chi connectivity index (χ2v) is 7.98. The van der Waals surface area contributed by atoms with E-state index in [1.54, 1.807) is 44.4 Å². The Labute approximate surface area is 198 Å². The van der Waals surface area contributed by atoms with Crippen molar-refractivity contribution in [2.75, 3.05) is 20.3 Å². The van der Waals surface area contributed by atoms with Crippen LogP contribution in [0.5, 0.6) is 17.2 Å². The molecule has 2 heterocycles. The van der Waals surface area contributed by atoms with Gasteiger partial charge in [0.25, 0.3) is 5.91 Å². The second kappa shape index (κ2) is 9.82. The molecule has 1 N–H and O–H groups in total. The number of ether oxygens (including phenoxy) is 3. The van der Waals surface area contributed by atoms with Gasteiger partial charge < -0.3 is 19.0 Å². The SMILES string of the molecule is COc1cc(/C=C2\C(=N)N3OC(C)=CC3=NC2=O)ccc1OCCCOc1cccc(C)c1C. The van der Waals surface area contributed by atoms with E-state index in [1.807, 2.05) is 19.1 Å². The summed E-state index contributed by atoms with van der Waals surface area (Å²) in [7, 11) is 1.56. The Hall–Kier alpha value is -4.07. The molecule has 0 aromatic heterocycles. The van der Waals surface area contributed by atoms with Crippen LogP contribution in [0, 0.1) is 19.3 Å². The number of carbonyl (C=O) groups is 1. The van der Waals surface area contributed by atoms with E-state index in [0.29, 0.717) is 48.3 Å². The number of rotatable bonds is 8. The van der Waals surface area contributed by atoms with E-state index in [1.165, 1.54) is 10.6 Å². The molecule has 176 valence electrons. The number of nitrogens with one attached hydrogen (secondary N) is 1. The van der Waals surface area contributed by atoms with E-state index in [-0.39, 0.29) is 11.4 Å². The maximum absolute atomic E-state index is 12.4. The molecule has 1 amide bonds. The number of allylic oxidation sites excluding steroid dienone is 1. The molecule has 2 aromatic rings. The lowest BCUT2D eigenvalue weighted by molar-refractivity contribution is -0.114. The van der Waals surface area contributed by atoms with Crippen molar-refractivity contribution in [2.24, 2.45) is 4.99 Å². The zero-order chi connectivity index (χ0) is 24.2. The topological polar surface area (TPSA) is 93.4 Å². The monoisotopic (exact) mass is 461 g/mol. The number of hydroxylamine groups is 2. The first-order valence-electron chi connectivity index (χ1n) is 11.0. The van der Waals surface area contributed by atoms with Gasteiger partial charge in [0.1, 0.15) is 11.5 Å². The van der Waals surface area contributed by atoms with E-state index < -0.39 is 5.91 Å². The Balaban J connectivity index is 1.38. The lowest BCUT2D eigenvalue weighted by atomic mass is 10.1. The summed E-state index contributed by atoms with van der Waals surface area (Å²) < 4.78 is 17.2. The van der Waals surface area contributed by atoms with Crippen LogP contribution in [0.1, 0.15) is 30.0 Å². The molecule has 0 spiro atoms. The Morgan fingerprint density at radius 3 is 2.59 bits per heavy atom. The van der Waals surface area contributed by atoms with Crippen molar-refractivity contribution in [3.05, 3.63) is 70.5 Å². The smallest absolute Gasteiger partial charge is 0.282 e. The van der Waals surface area contributed by atoms with Gasteiger partial charge in [0, 0.05) is 12.5 Å². The minimum atomic E-state index is -0.492. The minimum absolute atomic E-state index is 0.0637. The quantitative estimate of drug-likeness (QED) is 0.456. The number of hydrogen-bond donors (Lipinski definition) is 1. The summed E-state index contributed by atoms with van der Waals surface area (Å²) in [6, 6.07) is 11.3. The van der Waals surface area contributed by atoms with Crippen LogP contribution in [0.15, 0.2) is 58.8 Å². The van der Waals surface area contributed by atoms with Gasteiger partial charge in [-0.2, -0.15) is 4.99 Å². The van der Waals surface area contributed by atoms with E-state index >= 15 is 0 Å². The first-order chi connectivity index (χ1) is 16.4. The number of amides is 1. The Kier molecular flexibility index (Phi) is 6.67. The third kappa shape index (κ3) is 4.80. The van der Waals surface area contributed by atoms with Gasteiger partial charge in [-0.05, 0) is 61.7 Å². The van der Waals surface area contributed by atoms with Gasteiger partial charge >= 0.3 is 0 Å². The summed E-state index contributed by atoms with van der Waals surface area (Å²) in [5.41, 5.74) is 3.15. The highest BCUT2D eigenvalue weighted by molar-refractivity contribution is 6.32. The van der Waals surface area contributed by atoms with Crippen molar-refractivity contribution in [1.82, 2.24) is 5.06 Å². The molecule has 34 heavy (non-hydrogen) atoms. The predicted molar refractivity (Wildman–Crippen MR) is 129 cm³/mol. The number of carbonyl (C=O) groups excluding carboxylic acids is 1. The highest BCUT2D eigenvalue weighted by Gasteiger charge is 2.34. The number of hydrogen-bond acceptors (Lipinski definition) is 6. The maximum Gasteiger partial charge on any atom is 0.282 e. The maximum atomic E-state index is 12.4. The van der Waals surface area contributed by atoms with Crippen molar-refractivity contribution in [3.8, 4) is 17.2 Å². The van der Waals surface area contributed by atoms with Crippen molar-refractivity contribution in [3.63, 3.8) is 0 Å². The number of aryl methyl sites for hydroxylation is 1. The molecule has 8 nitrogen and oxygen atoms in total. The molecule has 0 bridgehead atoms. The summed E-state index contributed by atoms with van der Waals surface area (Å²) in [5, 5.41) is 9.57. The van der Waals surface area contributed by atoms with Crippen LogP contribution < -0.4 is 14.2 Å². The van der Waals surface area contributed by atoms with Gasteiger partial charge in [-0.1, -0.05) is 18.2 Å². The number of methoxy groups -OCH3 is 1. The molecule has 8 heteroatoms. The second-order valence-electron chi connectivity index (χ2n) is 7.98. The fourth-order valence-electron chi connectivity index (χ4n) is 3.56. The molecule has 0 radical (unpaired) electrons. The van der Waals surface area contributed by atoms with Gasteiger partial charge in [-0.3, -0.25) is 10.2 Å². The van der Waals surface area contributed by atoms with Crippen LogP contribution in [0.4, 0.5) is 0 Å². The molecule has 2 aliphatic heterocycles. The van der Waals surface area contributed by atoms with Crippen molar-refractivity contribution in [1.29, 1.82) is 5.41 Å². The predicted octanol–water partition coefficient (Wildman–Crippen LogP) is 4.61. The molecule has 0 unspecified atom stereocenters. The number of fused-ring (bicyclic) bond motifs is 1. The van der Waals surface area contributed by atoms with Gasteiger partial charge in [0.2, 0.25) is 0 Å². The van der Waals surface area contributed by atoms with E-state index in [2.05, 4.69) is 18.0 Å². The number of amidine groups is 2. The summed E-state index contributed by atoms with van der Waals surface area (Å²) in [5.74, 6) is 2.33. The average Bonchev–Trinajstić information content (AvgIpc) is 3.19. The van der Waals surface area contributed by atoms with E-state index in [4.69, 9.17) is 24.5 Å². The average molecular weight is 462 g/mol. The van der Waals surface area contributed by atoms with Gasteiger partial charge in [0.05, 0.1) is 25.9 Å². The largest absolute Gasteiger partial charge is 0.493 e. The first-order valence-corrected chi connectivity index (χ1v) is 11.0. The molecule has 0 fully saturated rings. The molecule has 4 rings (SSSR count). The van der Waals surface area contributed by atoms with Crippen molar-refractivity contribution >= 4 is 23.7 Å². The number of aliphatic imine (C=N–C) groups is 1. The highest BCUT2D eigenvalue weighted by Crippen LogP contribution is 2.30. The molecule has 0 saturated heterocycles. The molecule has 0 aliphatic carbocycles. The van der Waals surface area contributed by atoms with E-state index in [9.17, 15) is 4.79 Å². The number of nitrogens with zero attached hydrogens (tertiary/aromatic N) is 2. The Bertz CT molecular complexity index is 1230. The molecule has 0 atom stereocenters.